The van der Waals surface area contributed by atoms with Crippen LogP contribution in [0.3, 0.4) is 0 Å². The third-order valence-corrected chi connectivity index (χ3v) is 7.34. The lowest BCUT2D eigenvalue weighted by Gasteiger charge is -2.47. The van der Waals surface area contributed by atoms with Crippen LogP contribution in [0.2, 0.25) is 5.02 Å². The number of benzene rings is 1. The van der Waals surface area contributed by atoms with Gasteiger partial charge in [-0.2, -0.15) is 13.2 Å². The Morgan fingerprint density at radius 1 is 1.10 bits per heavy atom. The number of carbonyl (C=O) groups excluding carboxylic acids is 1. The van der Waals surface area contributed by atoms with Gasteiger partial charge in [0.2, 0.25) is 5.95 Å². The van der Waals surface area contributed by atoms with Crippen molar-refractivity contribution in [3.05, 3.63) is 46.7 Å². The van der Waals surface area contributed by atoms with E-state index >= 15 is 0 Å². The van der Waals surface area contributed by atoms with Crippen LogP contribution in [0, 0.1) is 0 Å². The molecule has 0 aliphatic carbocycles. The number of likely N-dealkylation sites (tertiary alicyclic amines) is 1. The molecule has 41 heavy (non-hydrogen) atoms. The van der Waals surface area contributed by atoms with Gasteiger partial charge in [0.1, 0.15) is 6.61 Å². The Kier molecular flexibility index (Phi) is 11.5. The van der Waals surface area contributed by atoms with Gasteiger partial charge in [0.25, 0.3) is 0 Å². The molecule has 2 heterocycles. The molecular weight excluding hydrogens is 559 g/mol. The molecule has 8 nitrogen and oxygen atoms in total. The average Bonchev–Trinajstić information content (AvgIpc) is 2.90. The molecule has 228 valence electrons. The molecule has 0 bridgehead atoms. The Morgan fingerprint density at radius 3 is 2.22 bits per heavy atom. The third kappa shape index (κ3) is 9.10. The zero-order valence-corrected chi connectivity index (χ0v) is 25.4. The number of hydrogen-bond acceptors (Lipinski definition) is 7. The van der Waals surface area contributed by atoms with Gasteiger partial charge < -0.3 is 24.2 Å². The summed E-state index contributed by atoms with van der Waals surface area (Å²) in [5.74, 6) is 0.869. The highest BCUT2D eigenvalue weighted by Crippen LogP contribution is 2.36. The molecule has 0 radical (unpaired) electrons. The lowest BCUT2D eigenvalue weighted by atomic mass is 9.87. The van der Waals surface area contributed by atoms with E-state index in [1.807, 2.05) is 56.5 Å². The molecule has 0 N–H and O–H groups in total. The number of likely N-dealkylation sites (N-methyl/N-ethyl adjacent to an activating group) is 1. The van der Waals surface area contributed by atoms with Gasteiger partial charge >= 0.3 is 12.3 Å². The largest absolute Gasteiger partial charge is 0.489 e. The first kappa shape index (κ1) is 32.7. The topological polar surface area (TPSA) is 71.0 Å². The molecule has 1 aliphatic rings. The van der Waals surface area contributed by atoms with Crippen LogP contribution in [0.25, 0.3) is 0 Å². The quantitative estimate of drug-likeness (QED) is 0.286. The molecule has 1 aliphatic heterocycles. The summed E-state index contributed by atoms with van der Waals surface area (Å²) in [6.07, 6.45) is 0.588. The molecule has 1 saturated heterocycles. The fourth-order valence-electron chi connectivity index (χ4n) is 5.13. The zero-order chi connectivity index (χ0) is 30.3. The predicted octanol–water partition coefficient (Wildman–Crippen LogP) is 6.66. The zero-order valence-electron chi connectivity index (χ0n) is 24.6. The number of nitrogens with zero attached hydrogens (tertiary/aromatic N) is 5. The van der Waals surface area contributed by atoms with Crippen molar-refractivity contribution in [1.29, 1.82) is 0 Å². The first-order valence-electron chi connectivity index (χ1n) is 14.0. The number of alkyl halides is 3. The van der Waals surface area contributed by atoms with E-state index in [0.29, 0.717) is 49.6 Å². The van der Waals surface area contributed by atoms with E-state index in [9.17, 15) is 18.0 Å². The van der Waals surface area contributed by atoms with Crippen molar-refractivity contribution < 1.29 is 27.4 Å². The predicted molar refractivity (Wildman–Crippen MR) is 153 cm³/mol. The lowest BCUT2D eigenvalue weighted by molar-refractivity contribution is -0.137. The average molecular weight is 600 g/mol. The third-order valence-electron chi connectivity index (χ3n) is 7.12. The molecule has 1 fully saturated rings. The van der Waals surface area contributed by atoms with Gasteiger partial charge in [0.15, 0.2) is 5.75 Å². The van der Waals surface area contributed by atoms with Crippen LogP contribution >= 0.6 is 11.6 Å². The minimum Gasteiger partial charge on any atom is -0.489 e. The van der Waals surface area contributed by atoms with Gasteiger partial charge in [0.05, 0.1) is 24.1 Å². The summed E-state index contributed by atoms with van der Waals surface area (Å²) in [7, 11) is 3.89. The minimum absolute atomic E-state index is 0.00412. The number of rotatable bonds is 11. The smallest absolute Gasteiger partial charge is 0.416 e. The van der Waals surface area contributed by atoms with Crippen molar-refractivity contribution in [3.63, 3.8) is 0 Å². The standard InChI is InChI=1S/C29H41ClF3N5O3/c1-7-23-14-25(15-24(8-2)38(23)28(39)41-19(3)4)37(18-20-11-21(29(31,32)33)13-22(30)12-20)27-34-16-26(17-35-27)40-10-9-36(5)6/h11-13,16-17,19,23-25H,7-10,14-15,18H2,1-6H3/t23-,24+,25+. The molecule has 0 saturated carbocycles. The van der Waals surface area contributed by atoms with E-state index in [0.717, 1.165) is 18.7 Å². The normalized spacial score (nSPS) is 19.5. The van der Waals surface area contributed by atoms with E-state index in [-0.39, 0.29) is 41.9 Å². The summed E-state index contributed by atoms with van der Waals surface area (Å²) in [5.41, 5.74) is -0.419. The second kappa shape index (κ2) is 14.4. The lowest BCUT2D eigenvalue weighted by Crippen LogP contribution is -2.57. The Balaban J connectivity index is 1.96. The van der Waals surface area contributed by atoms with Crippen molar-refractivity contribution in [2.75, 3.05) is 32.1 Å². The molecular formula is C29H41ClF3N5O3. The number of anilines is 1. The number of carbonyl (C=O) groups is 1. The van der Waals surface area contributed by atoms with E-state index in [1.54, 1.807) is 12.4 Å². The highest BCUT2D eigenvalue weighted by Gasteiger charge is 2.41. The molecule has 12 heteroatoms. The van der Waals surface area contributed by atoms with Gasteiger partial charge in [-0.05, 0) is 77.4 Å². The maximum Gasteiger partial charge on any atom is 0.416 e. The number of hydrogen-bond donors (Lipinski definition) is 0. The molecule has 0 unspecified atom stereocenters. The first-order valence-corrected chi connectivity index (χ1v) is 14.4. The molecule has 1 amide bonds. The summed E-state index contributed by atoms with van der Waals surface area (Å²) in [5, 5.41) is 0.00412. The van der Waals surface area contributed by atoms with Crippen molar-refractivity contribution in [2.45, 2.75) is 90.3 Å². The van der Waals surface area contributed by atoms with Crippen molar-refractivity contribution in [3.8, 4) is 5.75 Å². The minimum atomic E-state index is -4.53. The summed E-state index contributed by atoms with van der Waals surface area (Å²) in [6.45, 7) is 8.96. The van der Waals surface area contributed by atoms with Gasteiger partial charge in [-0.3, -0.25) is 0 Å². The van der Waals surface area contributed by atoms with Crippen molar-refractivity contribution in [1.82, 2.24) is 19.8 Å². The molecule has 3 atom stereocenters. The summed E-state index contributed by atoms with van der Waals surface area (Å²) < 4.78 is 52.1. The van der Waals surface area contributed by atoms with E-state index in [4.69, 9.17) is 21.1 Å². The maximum absolute atomic E-state index is 13.6. The van der Waals surface area contributed by atoms with E-state index in [1.165, 1.54) is 6.07 Å². The van der Waals surface area contributed by atoms with Crippen LogP contribution in [-0.4, -0.2) is 77.3 Å². The van der Waals surface area contributed by atoms with Gasteiger partial charge in [-0.15, -0.1) is 0 Å². The second-order valence-electron chi connectivity index (χ2n) is 10.9. The maximum atomic E-state index is 13.6. The Bertz CT molecular complexity index is 1120. The SMILES string of the molecule is CC[C@@H]1C[C@H](N(Cc2cc(Cl)cc(C(F)(F)F)c2)c2ncc(OCCN(C)C)cn2)C[C@H](CC)N1C(=O)OC(C)C. The van der Waals surface area contributed by atoms with Crippen LogP contribution in [0.15, 0.2) is 30.6 Å². The highest BCUT2D eigenvalue weighted by molar-refractivity contribution is 6.30. The molecule has 1 aromatic heterocycles. The molecule has 2 aromatic rings. The van der Waals surface area contributed by atoms with Crippen LogP contribution in [0.4, 0.5) is 23.9 Å². The number of piperidine rings is 1. The number of amides is 1. The Hall–Kier alpha value is -2.79. The summed E-state index contributed by atoms with van der Waals surface area (Å²) in [4.78, 5) is 27.9. The monoisotopic (exact) mass is 599 g/mol. The van der Waals surface area contributed by atoms with Crippen LogP contribution in [0.1, 0.15) is 64.5 Å². The van der Waals surface area contributed by atoms with E-state index < -0.39 is 11.7 Å². The van der Waals surface area contributed by atoms with E-state index in [2.05, 4.69) is 9.97 Å². The van der Waals surface area contributed by atoms with Crippen LogP contribution in [-0.2, 0) is 17.5 Å². The van der Waals surface area contributed by atoms with Crippen molar-refractivity contribution in [2.24, 2.45) is 0 Å². The first-order chi connectivity index (χ1) is 19.3. The number of aromatic nitrogens is 2. The Labute approximate surface area is 245 Å². The van der Waals surface area contributed by atoms with Crippen LogP contribution < -0.4 is 9.64 Å². The summed E-state index contributed by atoms with van der Waals surface area (Å²) in [6, 6.07) is 3.18. The van der Waals surface area contributed by atoms with Crippen LogP contribution in [0.5, 0.6) is 5.75 Å². The highest BCUT2D eigenvalue weighted by atomic mass is 35.5. The van der Waals surface area contributed by atoms with Gasteiger partial charge in [0, 0.05) is 36.2 Å². The second-order valence-corrected chi connectivity index (χ2v) is 11.4. The Morgan fingerprint density at radius 2 is 1.71 bits per heavy atom. The molecule has 1 aromatic carbocycles. The van der Waals surface area contributed by atoms with Crippen molar-refractivity contribution >= 4 is 23.6 Å². The molecule has 3 rings (SSSR count). The summed E-state index contributed by atoms with van der Waals surface area (Å²) >= 11 is 6.12. The fraction of sp³-hybridized carbons (Fsp3) is 0.621. The van der Waals surface area contributed by atoms with Gasteiger partial charge in [-0.25, -0.2) is 14.8 Å². The fourth-order valence-corrected chi connectivity index (χ4v) is 5.39. The molecule has 0 spiro atoms. The van der Waals surface area contributed by atoms with Gasteiger partial charge in [-0.1, -0.05) is 25.4 Å². The number of halogens is 4. The number of ether oxygens (including phenoxy) is 2.